The fourth-order valence-corrected chi connectivity index (χ4v) is 4.68. The van der Waals surface area contributed by atoms with E-state index in [4.69, 9.17) is 9.84 Å². The van der Waals surface area contributed by atoms with Gasteiger partial charge in [0.15, 0.2) is 0 Å². The molecule has 0 saturated carbocycles. The second-order valence-corrected chi connectivity index (χ2v) is 8.07. The van der Waals surface area contributed by atoms with E-state index in [1.165, 1.54) is 16.8 Å². The molecule has 0 unspecified atom stereocenters. The van der Waals surface area contributed by atoms with Crippen LogP contribution in [-0.4, -0.2) is 64.4 Å². The van der Waals surface area contributed by atoms with Crippen LogP contribution in [0.2, 0.25) is 0 Å². The van der Waals surface area contributed by atoms with Gasteiger partial charge in [0.1, 0.15) is 11.5 Å². The number of hydrogen-bond donors (Lipinski definition) is 0. The summed E-state index contributed by atoms with van der Waals surface area (Å²) in [6, 6.07) is 6.45. The zero-order valence-corrected chi connectivity index (χ0v) is 16.1. The highest BCUT2D eigenvalue weighted by Gasteiger charge is 2.37. The minimum atomic E-state index is -0.284. The second-order valence-electron chi connectivity index (χ2n) is 8.07. The molecule has 1 amide bonds. The van der Waals surface area contributed by atoms with E-state index in [1.54, 1.807) is 12.1 Å². The van der Waals surface area contributed by atoms with Gasteiger partial charge in [-0.2, -0.15) is 5.10 Å². The van der Waals surface area contributed by atoms with Gasteiger partial charge in [-0.3, -0.25) is 0 Å². The number of halogens is 1. The first-order chi connectivity index (χ1) is 13.6. The van der Waals surface area contributed by atoms with Crippen molar-refractivity contribution >= 4 is 6.03 Å². The van der Waals surface area contributed by atoms with Crippen molar-refractivity contribution in [3.63, 3.8) is 0 Å². The third kappa shape index (κ3) is 2.89. The minimum absolute atomic E-state index is 0.104. The Hall–Kier alpha value is -2.41. The summed E-state index contributed by atoms with van der Waals surface area (Å²) >= 11 is 0. The topological polar surface area (TPSA) is 50.6 Å². The van der Waals surface area contributed by atoms with Crippen molar-refractivity contribution in [1.82, 2.24) is 19.6 Å². The number of carbonyl (C=O) groups is 1. The molecule has 6 rings (SSSR count). The quantitative estimate of drug-likeness (QED) is 0.757. The molecule has 1 aromatic carbocycles. The van der Waals surface area contributed by atoms with Crippen LogP contribution in [0.4, 0.5) is 9.18 Å². The lowest BCUT2D eigenvalue weighted by molar-refractivity contribution is 0.163. The predicted octanol–water partition coefficient (Wildman–Crippen LogP) is 3.32. The van der Waals surface area contributed by atoms with Gasteiger partial charge in [-0.15, -0.1) is 4.68 Å². The van der Waals surface area contributed by atoms with Crippen LogP contribution < -0.4 is 4.74 Å². The molecule has 0 radical (unpaired) electrons. The number of nitrogens with zero attached hydrogens (tertiary/aromatic N) is 4. The summed E-state index contributed by atoms with van der Waals surface area (Å²) in [5.74, 6) is 0.506. The number of amides is 1. The van der Waals surface area contributed by atoms with Crippen LogP contribution in [0.25, 0.3) is 11.3 Å². The Kier molecular flexibility index (Phi) is 4.34. The van der Waals surface area contributed by atoms with Crippen molar-refractivity contribution in [2.75, 3.05) is 32.8 Å². The molecule has 7 heteroatoms. The number of carbonyl (C=O) groups excluding carboxylic acids is 1. The highest BCUT2D eigenvalue weighted by atomic mass is 19.1. The van der Waals surface area contributed by atoms with Gasteiger partial charge in [-0.1, -0.05) is 6.92 Å². The summed E-state index contributed by atoms with van der Waals surface area (Å²) < 4.78 is 20.8. The first kappa shape index (κ1) is 17.7. The normalized spacial score (nSPS) is 26.5. The number of fused-ring (bicyclic) bond motifs is 5. The predicted molar refractivity (Wildman–Crippen MR) is 103 cm³/mol. The number of benzene rings is 1. The maximum atomic E-state index is 13.5. The molecule has 3 fully saturated rings. The third-order valence-corrected chi connectivity index (χ3v) is 6.36. The molecule has 0 N–H and O–H groups in total. The van der Waals surface area contributed by atoms with Gasteiger partial charge in [0.2, 0.25) is 5.88 Å². The molecular weight excluding hydrogens is 359 g/mol. The smallest absolute Gasteiger partial charge is 0.348 e. The van der Waals surface area contributed by atoms with Crippen LogP contribution in [0, 0.1) is 5.82 Å². The Morgan fingerprint density at radius 3 is 2.61 bits per heavy atom. The average Bonchev–Trinajstić information content (AvgIpc) is 2.85. The maximum absolute atomic E-state index is 13.5. The molecule has 5 heterocycles. The molecule has 6 nitrogen and oxygen atoms in total. The monoisotopic (exact) mass is 384 g/mol. The summed E-state index contributed by atoms with van der Waals surface area (Å²) in [6.45, 7) is 6.45. The third-order valence-electron chi connectivity index (χ3n) is 6.36. The fraction of sp³-hybridized carbons (Fsp3) is 0.524. The molecule has 1 aromatic heterocycles. The molecule has 0 spiro atoms. The van der Waals surface area contributed by atoms with Crippen molar-refractivity contribution in [2.24, 2.45) is 0 Å². The van der Waals surface area contributed by atoms with E-state index < -0.39 is 0 Å². The van der Waals surface area contributed by atoms with Gasteiger partial charge in [0.25, 0.3) is 0 Å². The SMILES string of the molecule is C[C@@H]1CCOc2c1c(-c1ccc(F)cc1)nn2C(=O)N1CCN2CCC1CC2. The summed E-state index contributed by atoms with van der Waals surface area (Å²) in [5.41, 5.74) is 2.48. The molecule has 2 bridgehead atoms. The van der Waals surface area contributed by atoms with E-state index in [0.717, 1.165) is 62.3 Å². The van der Waals surface area contributed by atoms with Gasteiger partial charge >= 0.3 is 6.03 Å². The molecule has 0 aliphatic carbocycles. The Balaban J connectivity index is 1.57. The zero-order valence-electron chi connectivity index (χ0n) is 16.1. The first-order valence-corrected chi connectivity index (χ1v) is 10.2. The van der Waals surface area contributed by atoms with E-state index in [0.29, 0.717) is 12.5 Å². The van der Waals surface area contributed by atoms with Crippen LogP contribution in [0.15, 0.2) is 24.3 Å². The summed E-state index contributed by atoms with van der Waals surface area (Å²) in [6.07, 6.45) is 2.90. The van der Waals surface area contributed by atoms with Crippen molar-refractivity contribution in [1.29, 1.82) is 0 Å². The van der Waals surface area contributed by atoms with Crippen molar-refractivity contribution in [3.05, 3.63) is 35.6 Å². The van der Waals surface area contributed by atoms with Gasteiger partial charge in [-0.25, -0.2) is 9.18 Å². The number of rotatable bonds is 1. The minimum Gasteiger partial charge on any atom is -0.477 e. The standard InChI is InChI=1S/C21H25FN4O2/c1-14-8-13-28-20-18(14)19(15-2-4-16(22)5-3-15)23-26(20)21(27)25-12-11-24-9-6-17(25)7-10-24/h2-5,14,17H,6-13H2,1H3/t14-/m1/s1. The lowest BCUT2D eigenvalue weighted by atomic mass is 9.93. The molecule has 2 aromatic rings. The van der Waals surface area contributed by atoms with Crippen molar-refractivity contribution in [2.45, 2.75) is 38.1 Å². The van der Waals surface area contributed by atoms with E-state index >= 15 is 0 Å². The lowest BCUT2D eigenvalue weighted by Crippen LogP contribution is -2.44. The number of hydrogen-bond acceptors (Lipinski definition) is 4. The first-order valence-electron chi connectivity index (χ1n) is 10.2. The Labute approximate surface area is 163 Å². The largest absolute Gasteiger partial charge is 0.477 e. The molecule has 3 saturated heterocycles. The van der Waals surface area contributed by atoms with E-state index in [-0.39, 0.29) is 23.8 Å². The van der Waals surface area contributed by atoms with Gasteiger partial charge in [0, 0.05) is 43.3 Å². The van der Waals surface area contributed by atoms with Crippen molar-refractivity contribution < 1.29 is 13.9 Å². The van der Waals surface area contributed by atoms with E-state index in [2.05, 4.69) is 11.8 Å². The summed E-state index contributed by atoms with van der Waals surface area (Å²) in [5, 5.41) is 4.69. The highest BCUT2D eigenvalue weighted by molar-refractivity contribution is 5.81. The van der Waals surface area contributed by atoms with Crippen LogP contribution in [0.1, 0.15) is 37.7 Å². The number of piperidine rings is 1. The fourth-order valence-electron chi connectivity index (χ4n) is 4.68. The van der Waals surface area contributed by atoms with Crippen molar-refractivity contribution in [3.8, 4) is 17.1 Å². The Morgan fingerprint density at radius 1 is 1.11 bits per heavy atom. The van der Waals surface area contributed by atoms with Crippen LogP contribution >= 0.6 is 0 Å². The number of aromatic nitrogens is 2. The summed E-state index contributed by atoms with van der Waals surface area (Å²) in [4.78, 5) is 17.9. The van der Waals surface area contributed by atoms with E-state index in [9.17, 15) is 9.18 Å². The molecular formula is C21H25FN4O2. The molecule has 4 aliphatic rings. The maximum Gasteiger partial charge on any atom is 0.348 e. The van der Waals surface area contributed by atoms with Gasteiger partial charge < -0.3 is 14.5 Å². The molecule has 148 valence electrons. The summed E-state index contributed by atoms with van der Waals surface area (Å²) in [7, 11) is 0. The van der Waals surface area contributed by atoms with Crippen LogP contribution in [-0.2, 0) is 0 Å². The Morgan fingerprint density at radius 2 is 1.86 bits per heavy atom. The van der Waals surface area contributed by atoms with Crippen LogP contribution in [0.3, 0.4) is 0 Å². The highest BCUT2D eigenvalue weighted by Crippen LogP contribution is 2.41. The van der Waals surface area contributed by atoms with E-state index in [1.807, 2.05) is 4.90 Å². The molecule has 28 heavy (non-hydrogen) atoms. The Bertz CT molecular complexity index is 887. The average molecular weight is 384 g/mol. The van der Waals surface area contributed by atoms with Gasteiger partial charge in [0.05, 0.1) is 6.61 Å². The van der Waals surface area contributed by atoms with Crippen LogP contribution in [0.5, 0.6) is 5.88 Å². The second kappa shape index (κ2) is 6.88. The molecule has 4 aliphatic heterocycles. The van der Waals surface area contributed by atoms with Gasteiger partial charge in [-0.05, 0) is 49.4 Å². The lowest BCUT2D eigenvalue weighted by Gasteiger charge is -2.31. The molecule has 1 atom stereocenters. The zero-order chi connectivity index (χ0) is 19.3. The number of ether oxygens (including phenoxy) is 1.